The van der Waals surface area contributed by atoms with Crippen LogP contribution in [0.15, 0.2) is 71.5 Å². The molecule has 1 N–H and O–H groups in total. The molecule has 2 heterocycles. The van der Waals surface area contributed by atoms with E-state index in [4.69, 9.17) is 0 Å². The van der Waals surface area contributed by atoms with Gasteiger partial charge in [0.05, 0.1) is 17.6 Å². The highest BCUT2D eigenvalue weighted by Crippen LogP contribution is 2.18. The molecule has 3 aromatic carbocycles. The van der Waals surface area contributed by atoms with E-state index in [0.717, 1.165) is 16.7 Å². The van der Waals surface area contributed by atoms with E-state index in [1.54, 1.807) is 4.57 Å². The van der Waals surface area contributed by atoms with Gasteiger partial charge in [0.2, 0.25) is 11.5 Å². The van der Waals surface area contributed by atoms with Crippen molar-refractivity contribution in [1.82, 2.24) is 19.2 Å². The van der Waals surface area contributed by atoms with E-state index in [9.17, 15) is 14.0 Å². The summed E-state index contributed by atoms with van der Waals surface area (Å²) in [6.45, 7) is 4.32. The smallest absolute Gasteiger partial charge is 0.296 e. The van der Waals surface area contributed by atoms with Gasteiger partial charge in [-0.3, -0.25) is 14.2 Å². The molecular weight excluding hydrogens is 421 g/mol. The third kappa shape index (κ3) is 3.87. The average molecular weight is 441 g/mol. The molecule has 8 heteroatoms. The van der Waals surface area contributed by atoms with Crippen molar-refractivity contribution in [2.75, 3.05) is 5.32 Å². The predicted molar refractivity (Wildman–Crippen MR) is 124 cm³/mol. The Bertz CT molecular complexity index is 1570. The Labute approximate surface area is 188 Å². The van der Waals surface area contributed by atoms with Crippen LogP contribution < -0.4 is 10.9 Å². The number of carbonyl (C=O) groups is 1. The van der Waals surface area contributed by atoms with Gasteiger partial charge in [0.1, 0.15) is 5.82 Å². The second kappa shape index (κ2) is 7.98. The first kappa shape index (κ1) is 20.6. The zero-order valence-electron chi connectivity index (χ0n) is 18.0. The van der Waals surface area contributed by atoms with Gasteiger partial charge in [-0.1, -0.05) is 35.9 Å². The number of nitrogens with one attached hydrogen (secondary N) is 1. The molecule has 0 saturated carbocycles. The molecule has 0 saturated heterocycles. The molecule has 2 aromatic heterocycles. The normalized spacial score (nSPS) is 11.2. The maximum atomic E-state index is 13.4. The summed E-state index contributed by atoms with van der Waals surface area (Å²) in [6.07, 6.45) is 0. The highest BCUT2D eigenvalue weighted by atomic mass is 19.1. The molecule has 0 aliphatic rings. The summed E-state index contributed by atoms with van der Waals surface area (Å²) in [5.74, 6) is -1.14. The van der Waals surface area contributed by atoms with Crippen molar-refractivity contribution in [2.24, 2.45) is 0 Å². The van der Waals surface area contributed by atoms with E-state index in [-0.39, 0.29) is 17.0 Å². The summed E-state index contributed by atoms with van der Waals surface area (Å²) < 4.78 is 16.2. The number of aryl methyl sites for hydroxylation is 2. The molecule has 1 amide bonds. The molecule has 0 aliphatic heterocycles. The Kier molecular flexibility index (Phi) is 4.97. The summed E-state index contributed by atoms with van der Waals surface area (Å²) in [4.78, 5) is 30.4. The van der Waals surface area contributed by atoms with Gasteiger partial charge in [-0.05, 0) is 61.4 Å². The molecule has 0 radical (unpaired) electrons. The second-order valence-corrected chi connectivity index (χ2v) is 8.00. The highest BCUT2D eigenvalue weighted by molar-refractivity contribution is 6.02. The van der Waals surface area contributed by atoms with Gasteiger partial charge in [-0.25, -0.2) is 8.91 Å². The van der Waals surface area contributed by atoms with Crippen LogP contribution in [0.25, 0.3) is 16.7 Å². The third-order valence-electron chi connectivity index (χ3n) is 5.46. The number of carbonyl (C=O) groups excluding carboxylic acids is 1. The average Bonchev–Trinajstić information content (AvgIpc) is 3.25. The fourth-order valence-electron chi connectivity index (χ4n) is 3.73. The molecule has 5 aromatic rings. The molecule has 33 heavy (non-hydrogen) atoms. The van der Waals surface area contributed by atoms with Crippen LogP contribution in [0.3, 0.4) is 0 Å². The van der Waals surface area contributed by atoms with E-state index >= 15 is 0 Å². The van der Waals surface area contributed by atoms with Crippen molar-refractivity contribution < 1.29 is 9.18 Å². The quantitative estimate of drug-likeness (QED) is 0.455. The van der Waals surface area contributed by atoms with Crippen molar-refractivity contribution in [2.45, 2.75) is 20.4 Å². The maximum Gasteiger partial charge on any atom is 0.296 e. The van der Waals surface area contributed by atoms with E-state index in [2.05, 4.69) is 15.4 Å². The SMILES string of the molecule is Cc1ccc(Cn2c(=O)c3nc(C(=O)Nc4ccc(F)cc4)nn3c3ccc(C)cc32)cc1. The topological polar surface area (TPSA) is 81.3 Å². The van der Waals surface area contributed by atoms with Crippen molar-refractivity contribution >= 4 is 28.3 Å². The number of amides is 1. The molecule has 5 rings (SSSR count). The molecule has 0 unspecified atom stereocenters. The summed E-state index contributed by atoms with van der Waals surface area (Å²) in [5.41, 5.74) is 4.58. The van der Waals surface area contributed by atoms with Gasteiger partial charge in [0, 0.05) is 5.69 Å². The molecule has 0 aliphatic carbocycles. The summed E-state index contributed by atoms with van der Waals surface area (Å²) in [5, 5.41) is 6.94. The fraction of sp³-hybridized carbons (Fsp3) is 0.120. The number of hydrogen-bond acceptors (Lipinski definition) is 4. The van der Waals surface area contributed by atoms with Crippen molar-refractivity contribution in [3.63, 3.8) is 0 Å². The predicted octanol–water partition coefficient (Wildman–Crippen LogP) is 4.10. The minimum Gasteiger partial charge on any atom is -0.319 e. The van der Waals surface area contributed by atoms with Crippen molar-refractivity contribution in [1.29, 1.82) is 0 Å². The van der Waals surface area contributed by atoms with Crippen molar-refractivity contribution in [3.8, 4) is 0 Å². The van der Waals surface area contributed by atoms with Gasteiger partial charge in [-0.2, -0.15) is 4.98 Å². The van der Waals surface area contributed by atoms with E-state index in [0.29, 0.717) is 23.3 Å². The minimum atomic E-state index is -0.588. The first-order valence-corrected chi connectivity index (χ1v) is 10.4. The molecule has 0 spiro atoms. The first-order chi connectivity index (χ1) is 15.9. The zero-order chi connectivity index (χ0) is 23.1. The Hall–Kier alpha value is -4.33. The number of halogens is 1. The lowest BCUT2D eigenvalue weighted by molar-refractivity contribution is 0.101. The largest absolute Gasteiger partial charge is 0.319 e. The maximum absolute atomic E-state index is 13.4. The van der Waals surface area contributed by atoms with Crippen LogP contribution in [0.4, 0.5) is 10.1 Å². The highest BCUT2D eigenvalue weighted by Gasteiger charge is 2.19. The van der Waals surface area contributed by atoms with Gasteiger partial charge in [0.15, 0.2) is 0 Å². The van der Waals surface area contributed by atoms with Gasteiger partial charge < -0.3 is 5.32 Å². The molecular formula is C25H20FN5O2. The lowest BCUT2D eigenvalue weighted by Crippen LogP contribution is -2.24. The lowest BCUT2D eigenvalue weighted by Gasteiger charge is -2.12. The molecule has 0 fully saturated rings. The van der Waals surface area contributed by atoms with Gasteiger partial charge in [0.25, 0.3) is 11.5 Å². The summed E-state index contributed by atoms with van der Waals surface area (Å²) >= 11 is 0. The van der Waals surface area contributed by atoms with Crippen LogP contribution in [-0.2, 0) is 6.54 Å². The Morgan fingerprint density at radius 3 is 2.36 bits per heavy atom. The van der Waals surface area contributed by atoms with E-state index in [1.165, 1.54) is 28.8 Å². The number of benzene rings is 3. The fourth-order valence-corrected chi connectivity index (χ4v) is 3.73. The Balaban J connectivity index is 1.63. The Morgan fingerprint density at radius 1 is 0.939 bits per heavy atom. The number of fused-ring (bicyclic) bond motifs is 3. The minimum absolute atomic E-state index is 0.0581. The van der Waals surface area contributed by atoms with Gasteiger partial charge >= 0.3 is 0 Å². The summed E-state index contributed by atoms with van der Waals surface area (Å²) in [7, 11) is 0. The standard InChI is InChI=1S/C25H20FN5O2/c1-15-3-6-17(7-4-15)14-30-21-13-16(2)5-12-20(21)31-23(25(30)33)28-22(29-31)24(32)27-19-10-8-18(26)9-11-19/h3-13H,14H2,1-2H3,(H,27,32). The number of rotatable bonds is 4. The zero-order valence-corrected chi connectivity index (χ0v) is 18.0. The van der Waals surface area contributed by atoms with Gasteiger partial charge in [-0.15, -0.1) is 5.10 Å². The number of nitrogens with zero attached hydrogens (tertiary/aromatic N) is 4. The number of aromatic nitrogens is 4. The molecule has 164 valence electrons. The third-order valence-corrected chi connectivity index (χ3v) is 5.46. The number of hydrogen-bond donors (Lipinski definition) is 1. The van der Waals surface area contributed by atoms with Crippen molar-refractivity contribution in [3.05, 3.63) is 105 Å². The van der Waals surface area contributed by atoms with Crippen LogP contribution in [-0.4, -0.2) is 25.1 Å². The summed E-state index contributed by atoms with van der Waals surface area (Å²) in [6, 6.07) is 19.0. The van der Waals surface area contributed by atoms with Crippen LogP contribution >= 0.6 is 0 Å². The van der Waals surface area contributed by atoms with Crippen LogP contribution in [0, 0.1) is 19.7 Å². The monoisotopic (exact) mass is 441 g/mol. The number of anilines is 1. The lowest BCUT2D eigenvalue weighted by atomic mass is 10.1. The molecule has 0 atom stereocenters. The second-order valence-electron chi connectivity index (χ2n) is 8.00. The van der Waals surface area contributed by atoms with E-state index in [1.807, 2.05) is 56.3 Å². The van der Waals surface area contributed by atoms with E-state index < -0.39 is 11.7 Å². The molecule has 7 nitrogen and oxygen atoms in total. The van der Waals surface area contributed by atoms with Crippen LogP contribution in [0.2, 0.25) is 0 Å². The molecule has 0 bridgehead atoms. The Morgan fingerprint density at radius 2 is 1.64 bits per heavy atom. The van der Waals surface area contributed by atoms with Crippen LogP contribution in [0.1, 0.15) is 27.3 Å². The first-order valence-electron chi connectivity index (χ1n) is 10.4. The van der Waals surface area contributed by atoms with Crippen LogP contribution in [0.5, 0.6) is 0 Å².